The molecule has 0 radical (unpaired) electrons. The van der Waals surface area contributed by atoms with Gasteiger partial charge in [0.15, 0.2) is 11.6 Å². The first-order valence-electron chi connectivity index (χ1n) is 6.72. The smallest absolute Gasteiger partial charge is 0.156 e. The lowest BCUT2D eigenvalue weighted by atomic mass is 9.85. The predicted octanol–water partition coefficient (Wildman–Crippen LogP) is 4.95. The molecule has 0 spiro atoms. The highest BCUT2D eigenvalue weighted by Gasteiger charge is 2.20. The van der Waals surface area contributed by atoms with E-state index in [4.69, 9.17) is 10.5 Å². The van der Waals surface area contributed by atoms with Crippen molar-refractivity contribution in [3.8, 4) is 11.5 Å². The Balaban J connectivity index is 2.50. The minimum Gasteiger partial charge on any atom is -0.455 e. The summed E-state index contributed by atoms with van der Waals surface area (Å²) in [5, 5.41) is 0. The third-order valence-corrected chi connectivity index (χ3v) is 3.22. The molecule has 0 atom stereocenters. The van der Waals surface area contributed by atoms with E-state index in [0.717, 1.165) is 23.3 Å². The zero-order valence-corrected chi connectivity index (χ0v) is 12.6. The second-order valence-electron chi connectivity index (χ2n) is 6.15. The molecule has 0 aliphatic rings. The fourth-order valence-corrected chi connectivity index (χ4v) is 2.08. The van der Waals surface area contributed by atoms with Crippen molar-refractivity contribution in [3.63, 3.8) is 0 Å². The maximum absolute atomic E-state index is 13.5. The molecule has 112 valence electrons. The van der Waals surface area contributed by atoms with Crippen LogP contribution < -0.4 is 10.5 Å². The summed E-state index contributed by atoms with van der Waals surface area (Å²) >= 11 is 0. The number of anilines is 1. The average molecular weight is 291 g/mol. The van der Waals surface area contributed by atoms with E-state index in [1.165, 1.54) is 0 Å². The maximum atomic E-state index is 13.5. The van der Waals surface area contributed by atoms with Gasteiger partial charge in [-0.1, -0.05) is 38.5 Å². The van der Waals surface area contributed by atoms with Gasteiger partial charge in [0.2, 0.25) is 0 Å². The lowest BCUT2D eigenvalue weighted by molar-refractivity contribution is 0.448. The molecule has 2 rings (SSSR count). The van der Waals surface area contributed by atoms with Gasteiger partial charge in [-0.3, -0.25) is 0 Å². The Hall–Kier alpha value is -2.10. The molecule has 2 aromatic rings. The van der Waals surface area contributed by atoms with E-state index in [9.17, 15) is 8.78 Å². The van der Waals surface area contributed by atoms with Gasteiger partial charge in [0.1, 0.15) is 17.3 Å². The van der Waals surface area contributed by atoms with E-state index < -0.39 is 11.6 Å². The highest BCUT2D eigenvalue weighted by atomic mass is 19.1. The van der Waals surface area contributed by atoms with Gasteiger partial charge in [0.05, 0.1) is 0 Å². The largest absolute Gasteiger partial charge is 0.455 e. The van der Waals surface area contributed by atoms with Crippen molar-refractivity contribution < 1.29 is 13.5 Å². The van der Waals surface area contributed by atoms with E-state index in [-0.39, 0.29) is 16.9 Å². The summed E-state index contributed by atoms with van der Waals surface area (Å²) in [6.45, 7) is 8.12. The Bertz CT molecular complexity index is 675. The number of nitrogens with two attached hydrogens (primary N) is 1. The molecule has 0 heterocycles. The monoisotopic (exact) mass is 291 g/mol. The molecule has 0 aliphatic heterocycles. The van der Waals surface area contributed by atoms with Crippen molar-refractivity contribution in [2.45, 2.75) is 33.1 Å². The zero-order chi connectivity index (χ0) is 15.8. The molecule has 0 amide bonds. The Kier molecular flexibility index (Phi) is 3.90. The highest BCUT2D eigenvalue weighted by Crippen LogP contribution is 2.37. The lowest BCUT2D eigenvalue weighted by Gasteiger charge is -2.23. The number of benzene rings is 2. The van der Waals surface area contributed by atoms with Gasteiger partial charge in [-0.2, -0.15) is 0 Å². The number of hydrogen-bond acceptors (Lipinski definition) is 2. The average Bonchev–Trinajstić information content (AvgIpc) is 2.36. The third kappa shape index (κ3) is 3.32. The van der Waals surface area contributed by atoms with Crippen LogP contribution >= 0.6 is 0 Å². The Morgan fingerprint density at radius 2 is 1.67 bits per heavy atom. The second kappa shape index (κ2) is 5.35. The highest BCUT2D eigenvalue weighted by molar-refractivity contribution is 5.56. The Morgan fingerprint density at radius 1 is 1.00 bits per heavy atom. The van der Waals surface area contributed by atoms with Gasteiger partial charge in [0.25, 0.3) is 0 Å². The van der Waals surface area contributed by atoms with Crippen LogP contribution in [0.4, 0.5) is 14.5 Å². The molecule has 0 fully saturated rings. The molecule has 2 N–H and O–H groups in total. The SMILES string of the molecule is Cc1ccc(Oc2cc(F)cc(F)c2N)c(C(C)(C)C)c1. The molecule has 2 aromatic carbocycles. The first-order valence-corrected chi connectivity index (χ1v) is 6.72. The standard InChI is InChI=1S/C17H19F2NO/c1-10-5-6-14(12(7-10)17(2,3)4)21-15-9-11(18)8-13(19)16(15)20/h5-9H,20H2,1-4H3. The number of ether oxygens (including phenoxy) is 1. The number of hydrogen-bond donors (Lipinski definition) is 1. The summed E-state index contributed by atoms with van der Waals surface area (Å²) in [5.74, 6) is -1.01. The fourth-order valence-electron chi connectivity index (χ4n) is 2.08. The normalized spacial score (nSPS) is 11.5. The summed E-state index contributed by atoms with van der Waals surface area (Å²) in [5.41, 5.74) is 7.30. The van der Waals surface area contributed by atoms with E-state index in [1.54, 1.807) is 6.07 Å². The van der Waals surface area contributed by atoms with Crippen LogP contribution in [0.2, 0.25) is 0 Å². The Labute approximate surface area is 123 Å². The van der Waals surface area contributed by atoms with Crippen LogP contribution in [0.3, 0.4) is 0 Å². The van der Waals surface area contributed by atoms with Gasteiger partial charge < -0.3 is 10.5 Å². The van der Waals surface area contributed by atoms with Crippen LogP contribution in [0.15, 0.2) is 30.3 Å². The van der Waals surface area contributed by atoms with Gasteiger partial charge in [-0.15, -0.1) is 0 Å². The molecule has 2 nitrogen and oxygen atoms in total. The molecule has 0 aromatic heterocycles. The van der Waals surface area contributed by atoms with Crippen molar-refractivity contribution in [1.29, 1.82) is 0 Å². The number of rotatable bonds is 2. The minimum absolute atomic E-state index is 0.0122. The van der Waals surface area contributed by atoms with E-state index in [1.807, 2.05) is 39.8 Å². The number of aryl methyl sites for hydroxylation is 1. The molecule has 0 saturated carbocycles. The van der Waals surface area contributed by atoms with Crippen LogP contribution in [0.1, 0.15) is 31.9 Å². The Morgan fingerprint density at radius 3 is 2.29 bits per heavy atom. The predicted molar refractivity (Wildman–Crippen MR) is 80.7 cm³/mol. The maximum Gasteiger partial charge on any atom is 0.156 e. The molecule has 0 saturated heterocycles. The number of halogens is 2. The second-order valence-corrected chi connectivity index (χ2v) is 6.15. The summed E-state index contributed by atoms with van der Waals surface area (Å²) in [4.78, 5) is 0. The van der Waals surface area contributed by atoms with Crippen LogP contribution in [0, 0.1) is 18.6 Å². The first kappa shape index (κ1) is 15.3. The molecule has 21 heavy (non-hydrogen) atoms. The van der Waals surface area contributed by atoms with Crippen LogP contribution in [-0.4, -0.2) is 0 Å². The van der Waals surface area contributed by atoms with E-state index >= 15 is 0 Å². The van der Waals surface area contributed by atoms with Gasteiger partial charge in [-0.25, -0.2) is 8.78 Å². The fraction of sp³-hybridized carbons (Fsp3) is 0.294. The van der Waals surface area contributed by atoms with Crippen LogP contribution in [0.5, 0.6) is 11.5 Å². The molecule has 0 unspecified atom stereocenters. The molecule has 4 heteroatoms. The lowest BCUT2D eigenvalue weighted by Crippen LogP contribution is -2.13. The topological polar surface area (TPSA) is 35.2 Å². The molecular weight excluding hydrogens is 272 g/mol. The summed E-state index contributed by atoms with van der Waals surface area (Å²) in [7, 11) is 0. The van der Waals surface area contributed by atoms with Crippen molar-refractivity contribution in [2.75, 3.05) is 5.73 Å². The van der Waals surface area contributed by atoms with Crippen LogP contribution in [-0.2, 0) is 5.41 Å². The molecular formula is C17H19F2NO. The van der Waals surface area contributed by atoms with E-state index in [0.29, 0.717) is 5.75 Å². The zero-order valence-electron chi connectivity index (χ0n) is 12.6. The van der Waals surface area contributed by atoms with Gasteiger partial charge in [-0.05, 0) is 18.4 Å². The van der Waals surface area contributed by atoms with Crippen molar-refractivity contribution in [1.82, 2.24) is 0 Å². The van der Waals surface area contributed by atoms with E-state index in [2.05, 4.69) is 0 Å². The summed E-state index contributed by atoms with van der Waals surface area (Å²) in [6.07, 6.45) is 0. The van der Waals surface area contributed by atoms with Gasteiger partial charge in [0, 0.05) is 17.7 Å². The third-order valence-electron chi connectivity index (χ3n) is 3.22. The first-order chi connectivity index (χ1) is 9.68. The summed E-state index contributed by atoms with van der Waals surface area (Å²) in [6, 6.07) is 7.50. The van der Waals surface area contributed by atoms with Crippen molar-refractivity contribution in [2.24, 2.45) is 0 Å². The quantitative estimate of drug-likeness (QED) is 0.795. The molecule has 0 bridgehead atoms. The van der Waals surface area contributed by atoms with Crippen molar-refractivity contribution >= 4 is 5.69 Å². The van der Waals surface area contributed by atoms with Gasteiger partial charge >= 0.3 is 0 Å². The summed E-state index contributed by atoms with van der Waals surface area (Å²) < 4.78 is 32.5. The number of nitrogen functional groups attached to an aromatic ring is 1. The molecule has 0 aliphatic carbocycles. The minimum atomic E-state index is -0.825. The van der Waals surface area contributed by atoms with Crippen molar-refractivity contribution in [3.05, 3.63) is 53.1 Å². The van der Waals surface area contributed by atoms with Crippen LogP contribution in [0.25, 0.3) is 0 Å².